The van der Waals surface area contributed by atoms with E-state index in [0.29, 0.717) is 58.1 Å². The first-order valence-corrected chi connectivity index (χ1v) is 25.6. The number of aromatic nitrogens is 4. The summed E-state index contributed by atoms with van der Waals surface area (Å²) in [4.78, 5) is 55.8. The highest BCUT2D eigenvalue weighted by molar-refractivity contribution is 7.71. The number of methoxy groups -OCH3 is 1. The molecular weight excluding hydrogens is 877 g/mol. The zero-order valence-electron chi connectivity index (χ0n) is 37.7. The Morgan fingerprint density at radius 2 is 1.77 bits per heavy atom. The molecule has 18 heteroatoms. The van der Waals surface area contributed by atoms with Crippen molar-refractivity contribution in [3.05, 3.63) is 82.1 Å². The van der Waals surface area contributed by atoms with E-state index in [1.807, 2.05) is 24.3 Å². The lowest BCUT2D eigenvalue weighted by atomic mass is 9.99. The van der Waals surface area contributed by atoms with Crippen LogP contribution in [0, 0.1) is 11.8 Å². The Hall–Kier alpha value is -5.98. The van der Waals surface area contributed by atoms with Gasteiger partial charge in [-0.05, 0) is 80.5 Å². The fourth-order valence-corrected chi connectivity index (χ4v) is 11.4. The van der Waals surface area contributed by atoms with Crippen molar-refractivity contribution in [1.29, 1.82) is 0 Å². The van der Waals surface area contributed by atoms with Gasteiger partial charge in [-0.1, -0.05) is 36.4 Å². The molecule has 0 radical (unpaired) electrons. The molecule has 4 aliphatic heterocycles. The Morgan fingerprint density at radius 1 is 0.970 bits per heavy atom. The first kappa shape index (κ1) is 45.2. The van der Waals surface area contributed by atoms with Gasteiger partial charge in [-0.2, -0.15) is 10.1 Å². The van der Waals surface area contributed by atoms with Crippen LogP contribution in [0.3, 0.4) is 0 Å². The van der Waals surface area contributed by atoms with Crippen LogP contribution in [0.5, 0.6) is 5.75 Å². The van der Waals surface area contributed by atoms with Crippen LogP contribution in [-0.2, 0) is 27.1 Å². The van der Waals surface area contributed by atoms with Crippen molar-refractivity contribution < 1.29 is 23.7 Å². The molecular formula is C48H55ClN11O5P. The summed E-state index contributed by atoms with van der Waals surface area (Å²) in [7, 11) is -1.06. The summed E-state index contributed by atoms with van der Waals surface area (Å²) >= 11 is 6.61. The van der Waals surface area contributed by atoms with Crippen molar-refractivity contribution in [3.8, 4) is 17.6 Å². The molecule has 2 aromatic heterocycles. The molecule has 1 unspecified atom stereocenters. The van der Waals surface area contributed by atoms with Gasteiger partial charge in [-0.15, -0.1) is 0 Å². The standard InChI is InChI=1S/C48H55ClN11O5P/c1-5-30-25-39(53-48-50-28-36(49)45(55-48)52-38-13-12-37-34(27-51-56-37)44(38)66(3,4)64)42(65-2)26-41(30)59-19-16-32(17-20-59)58-23-21-57(22-24-58)18-7-6-9-31-10-8-11-33-35(31)29-60(47(33)63)40-14-15-43(61)54-46(40)62/h8,10-13,25-28,32,40H,5,7,14-24,29H2,1-4H3,(H,51,56)(H,54,61,62)(H2,50,52,53,55). The van der Waals surface area contributed by atoms with E-state index in [1.54, 1.807) is 43.8 Å². The van der Waals surface area contributed by atoms with Crippen molar-refractivity contribution >= 4 is 81.5 Å². The van der Waals surface area contributed by atoms with Crippen LogP contribution in [0.15, 0.2) is 54.9 Å². The maximum absolute atomic E-state index is 13.4. The van der Waals surface area contributed by atoms with Crippen molar-refractivity contribution in [2.45, 2.75) is 64.1 Å². The molecule has 3 amide bonds. The van der Waals surface area contributed by atoms with E-state index in [2.05, 4.69) is 76.7 Å². The lowest BCUT2D eigenvalue weighted by molar-refractivity contribution is -0.136. The van der Waals surface area contributed by atoms with E-state index in [4.69, 9.17) is 21.3 Å². The van der Waals surface area contributed by atoms with Gasteiger partial charge in [0.2, 0.25) is 17.8 Å². The number of imide groups is 1. The molecule has 0 aliphatic carbocycles. The maximum Gasteiger partial charge on any atom is 0.255 e. The minimum Gasteiger partial charge on any atom is -0.494 e. The molecule has 3 aromatic carbocycles. The van der Waals surface area contributed by atoms with Gasteiger partial charge in [0.1, 0.15) is 24.0 Å². The van der Waals surface area contributed by atoms with Gasteiger partial charge in [0, 0.05) is 105 Å². The van der Waals surface area contributed by atoms with E-state index < -0.39 is 19.1 Å². The highest BCUT2D eigenvalue weighted by Gasteiger charge is 2.40. The Bertz CT molecular complexity index is 2800. The Morgan fingerprint density at radius 3 is 2.52 bits per heavy atom. The summed E-state index contributed by atoms with van der Waals surface area (Å²) in [6, 6.07) is 13.4. The zero-order valence-corrected chi connectivity index (χ0v) is 39.4. The molecule has 0 bridgehead atoms. The van der Waals surface area contributed by atoms with E-state index in [-0.39, 0.29) is 18.2 Å². The quantitative estimate of drug-likeness (QED) is 0.0641. The lowest BCUT2D eigenvalue weighted by Crippen LogP contribution is -2.53. The molecule has 0 saturated carbocycles. The molecule has 4 N–H and O–H groups in total. The van der Waals surface area contributed by atoms with Crippen molar-refractivity contribution in [1.82, 2.24) is 40.2 Å². The smallest absolute Gasteiger partial charge is 0.255 e. The minimum atomic E-state index is -2.73. The van der Waals surface area contributed by atoms with Crippen LogP contribution < -0.4 is 30.9 Å². The SMILES string of the molecule is CCc1cc(Nc2ncc(Cl)c(Nc3ccc4[nH]ncc4c3P(C)(C)=O)n2)c(OC)cc1N1CCC(N2CCN(CCC#Cc3cccc4c3CN(C3CCC(=O)NC3=O)C4=O)CC2)CC1. The third-order valence-electron chi connectivity index (χ3n) is 13.2. The molecule has 6 heterocycles. The van der Waals surface area contributed by atoms with Gasteiger partial charge < -0.3 is 29.7 Å². The molecule has 16 nitrogen and oxygen atoms in total. The summed E-state index contributed by atoms with van der Waals surface area (Å²) < 4.78 is 19.4. The highest BCUT2D eigenvalue weighted by atomic mass is 35.5. The summed E-state index contributed by atoms with van der Waals surface area (Å²) in [5, 5.41) is 17.9. The molecule has 66 heavy (non-hydrogen) atoms. The van der Waals surface area contributed by atoms with Crippen LogP contribution in [0.25, 0.3) is 10.9 Å². The number of fused-ring (bicyclic) bond motifs is 2. The van der Waals surface area contributed by atoms with Crippen LogP contribution in [-0.4, -0.2) is 131 Å². The molecule has 5 aromatic rings. The summed E-state index contributed by atoms with van der Waals surface area (Å²) in [6.45, 7) is 12.8. The number of halogens is 1. The van der Waals surface area contributed by atoms with Crippen molar-refractivity contribution in [3.63, 3.8) is 0 Å². The molecule has 1 atom stereocenters. The first-order valence-electron chi connectivity index (χ1n) is 22.6. The summed E-state index contributed by atoms with van der Waals surface area (Å²) in [5.74, 6) is 7.18. The maximum atomic E-state index is 13.4. The third kappa shape index (κ3) is 9.35. The number of carbonyl (C=O) groups excluding carboxylic acids is 3. The number of rotatable bonds is 12. The number of nitrogens with zero attached hydrogens (tertiary/aromatic N) is 7. The zero-order chi connectivity index (χ0) is 46.1. The van der Waals surface area contributed by atoms with Crippen LogP contribution in [0.1, 0.15) is 66.1 Å². The number of aromatic amines is 1. The second-order valence-corrected chi connectivity index (χ2v) is 21.3. The number of hydrogen-bond acceptors (Lipinski definition) is 13. The summed E-state index contributed by atoms with van der Waals surface area (Å²) in [6.07, 6.45) is 7.51. The largest absolute Gasteiger partial charge is 0.494 e. The monoisotopic (exact) mass is 931 g/mol. The fraction of sp³-hybridized carbons (Fsp3) is 0.417. The molecule has 4 aliphatic rings. The van der Waals surface area contributed by atoms with Crippen molar-refractivity contribution in [2.75, 3.05) is 81.8 Å². The van der Waals surface area contributed by atoms with E-state index in [9.17, 15) is 18.9 Å². The molecule has 344 valence electrons. The molecule has 0 spiro atoms. The topological polar surface area (TPSA) is 181 Å². The van der Waals surface area contributed by atoms with E-state index in [0.717, 1.165) is 99.2 Å². The number of piperidine rings is 2. The van der Waals surface area contributed by atoms with Crippen molar-refractivity contribution in [2.24, 2.45) is 0 Å². The van der Waals surface area contributed by atoms with Gasteiger partial charge in [-0.3, -0.25) is 34.6 Å². The number of H-pyrrole nitrogens is 1. The average Bonchev–Trinajstić information content (AvgIpc) is 3.93. The number of hydrogen-bond donors (Lipinski definition) is 4. The van der Waals surface area contributed by atoms with Gasteiger partial charge in [-0.25, -0.2) is 4.98 Å². The molecule has 3 fully saturated rings. The summed E-state index contributed by atoms with van der Waals surface area (Å²) in [5.41, 5.74) is 6.82. The second kappa shape index (κ2) is 19.1. The fourth-order valence-electron chi connectivity index (χ4n) is 9.80. The lowest BCUT2D eigenvalue weighted by Gasteiger charge is -2.43. The number of anilines is 5. The van der Waals surface area contributed by atoms with Crippen LogP contribution >= 0.6 is 18.7 Å². The first-order chi connectivity index (χ1) is 31.9. The number of amides is 3. The number of nitrogens with one attached hydrogen (secondary N) is 4. The molecule has 9 rings (SSSR count). The van der Waals surface area contributed by atoms with E-state index in [1.165, 1.54) is 11.3 Å². The second-order valence-electron chi connectivity index (χ2n) is 17.7. The third-order valence-corrected chi connectivity index (χ3v) is 15.1. The predicted molar refractivity (Wildman–Crippen MR) is 258 cm³/mol. The van der Waals surface area contributed by atoms with Crippen LogP contribution in [0.4, 0.5) is 28.8 Å². The van der Waals surface area contributed by atoms with Gasteiger partial charge in [0.25, 0.3) is 5.91 Å². The normalized spacial score (nSPS) is 18.6. The van der Waals surface area contributed by atoms with Gasteiger partial charge in [0.15, 0.2) is 5.82 Å². The van der Waals surface area contributed by atoms with Gasteiger partial charge in [0.05, 0.1) is 36.4 Å². The van der Waals surface area contributed by atoms with Crippen LogP contribution in [0.2, 0.25) is 5.02 Å². The minimum absolute atomic E-state index is 0.181. The number of benzene rings is 3. The average molecular weight is 932 g/mol. The predicted octanol–water partition coefficient (Wildman–Crippen LogP) is 6.10. The van der Waals surface area contributed by atoms with E-state index >= 15 is 0 Å². The highest BCUT2D eigenvalue weighted by Crippen LogP contribution is 2.42. The number of piperazine rings is 1. The number of aryl methyl sites for hydroxylation is 1. The number of carbonyl (C=O) groups is 3. The molecule has 3 saturated heterocycles. The Balaban J connectivity index is 0.777. The Labute approximate surface area is 389 Å². The van der Waals surface area contributed by atoms with Gasteiger partial charge >= 0.3 is 0 Å². The number of ether oxygens (including phenoxy) is 1. The Kier molecular flexibility index (Phi) is 13.1.